The monoisotopic (exact) mass is 312 g/mol. The van der Waals surface area contributed by atoms with Gasteiger partial charge in [-0.2, -0.15) is 0 Å². The van der Waals surface area contributed by atoms with Gasteiger partial charge in [0.05, 0.1) is 0 Å². The van der Waals surface area contributed by atoms with E-state index in [9.17, 15) is 0 Å². The summed E-state index contributed by atoms with van der Waals surface area (Å²) in [6, 6.07) is 21.7. The minimum absolute atomic E-state index is 1.06. The van der Waals surface area contributed by atoms with Crippen LogP contribution >= 0.6 is 0 Å². The standard InChI is InChI=1S/C24H24/c1-3-4-5-6-21-13-15-24-18-22(14-16-23(24)17-21)12-11-20-9-7-19(2)8-10-20/h7-10,13-18H,3-6H2,1-2H3. The van der Waals surface area contributed by atoms with Crippen molar-refractivity contribution < 1.29 is 0 Å². The molecule has 0 unspecified atom stereocenters. The van der Waals surface area contributed by atoms with Gasteiger partial charge in [-0.25, -0.2) is 0 Å². The molecule has 0 aliphatic carbocycles. The summed E-state index contributed by atoms with van der Waals surface area (Å²) in [6.45, 7) is 4.34. The van der Waals surface area contributed by atoms with Gasteiger partial charge in [0.1, 0.15) is 0 Å². The summed E-state index contributed by atoms with van der Waals surface area (Å²) >= 11 is 0. The summed E-state index contributed by atoms with van der Waals surface area (Å²) in [5.41, 5.74) is 4.84. The van der Waals surface area contributed by atoms with Crippen LogP contribution in [-0.2, 0) is 6.42 Å². The van der Waals surface area contributed by atoms with Crippen LogP contribution in [0, 0.1) is 18.8 Å². The molecule has 0 heteroatoms. The molecule has 0 fully saturated rings. The minimum atomic E-state index is 1.06. The number of rotatable bonds is 4. The lowest BCUT2D eigenvalue weighted by Gasteiger charge is -2.04. The van der Waals surface area contributed by atoms with Gasteiger partial charge >= 0.3 is 0 Å². The molecule has 0 saturated heterocycles. The van der Waals surface area contributed by atoms with Crippen LogP contribution in [-0.4, -0.2) is 0 Å². The van der Waals surface area contributed by atoms with E-state index in [0.29, 0.717) is 0 Å². The van der Waals surface area contributed by atoms with Crippen LogP contribution in [0.4, 0.5) is 0 Å². The van der Waals surface area contributed by atoms with Gasteiger partial charge in [0, 0.05) is 11.1 Å². The third-order valence-electron chi connectivity index (χ3n) is 4.38. The topological polar surface area (TPSA) is 0 Å². The predicted molar refractivity (Wildman–Crippen MR) is 104 cm³/mol. The van der Waals surface area contributed by atoms with E-state index in [4.69, 9.17) is 0 Å². The molecule has 120 valence electrons. The van der Waals surface area contributed by atoms with E-state index in [-0.39, 0.29) is 0 Å². The molecule has 0 radical (unpaired) electrons. The van der Waals surface area contributed by atoms with E-state index in [0.717, 1.165) is 11.1 Å². The summed E-state index contributed by atoms with van der Waals surface area (Å²) in [5, 5.41) is 2.58. The zero-order chi connectivity index (χ0) is 16.8. The van der Waals surface area contributed by atoms with Crippen molar-refractivity contribution in [2.24, 2.45) is 0 Å². The van der Waals surface area contributed by atoms with Gasteiger partial charge in [0.2, 0.25) is 0 Å². The second-order valence-corrected chi connectivity index (χ2v) is 6.47. The molecule has 0 nitrogen and oxygen atoms in total. The summed E-state index contributed by atoms with van der Waals surface area (Å²) in [5.74, 6) is 6.53. The van der Waals surface area contributed by atoms with Gasteiger partial charge in [-0.05, 0) is 60.4 Å². The van der Waals surface area contributed by atoms with Crippen LogP contribution in [0.25, 0.3) is 10.8 Å². The maximum Gasteiger partial charge on any atom is 0.0255 e. The van der Waals surface area contributed by atoms with Gasteiger partial charge in [-0.3, -0.25) is 0 Å². The highest BCUT2D eigenvalue weighted by Crippen LogP contribution is 2.19. The first-order valence-electron chi connectivity index (χ1n) is 8.86. The number of fused-ring (bicyclic) bond motifs is 1. The van der Waals surface area contributed by atoms with Gasteiger partial charge in [-0.15, -0.1) is 0 Å². The second-order valence-electron chi connectivity index (χ2n) is 6.47. The van der Waals surface area contributed by atoms with Crippen molar-refractivity contribution in [3.8, 4) is 11.8 Å². The number of unbranched alkanes of at least 4 members (excludes halogenated alkanes) is 2. The third kappa shape index (κ3) is 4.27. The van der Waals surface area contributed by atoms with Crippen molar-refractivity contribution in [3.05, 3.63) is 82.9 Å². The molecule has 3 aromatic rings. The molecule has 0 N–H and O–H groups in total. The van der Waals surface area contributed by atoms with Crippen LogP contribution in [0.2, 0.25) is 0 Å². The maximum atomic E-state index is 3.28. The molecular weight excluding hydrogens is 288 g/mol. The van der Waals surface area contributed by atoms with E-state index in [2.05, 4.69) is 86.4 Å². The van der Waals surface area contributed by atoms with Crippen LogP contribution in [0.15, 0.2) is 60.7 Å². The Bertz CT molecular complexity index is 873. The molecule has 0 heterocycles. The minimum Gasteiger partial charge on any atom is -0.0654 e. The first-order chi connectivity index (χ1) is 11.7. The highest BCUT2D eigenvalue weighted by Gasteiger charge is 1.98. The molecule has 0 amide bonds. The van der Waals surface area contributed by atoms with Crippen LogP contribution in [0.3, 0.4) is 0 Å². The Hall–Kier alpha value is -2.52. The lowest BCUT2D eigenvalue weighted by atomic mass is 10.0. The summed E-state index contributed by atoms with van der Waals surface area (Å²) in [7, 11) is 0. The molecule has 3 rings (SSSR count). The number of benzene rings is 3. The first-order valence-corrected chi connectivity index (χ1v) is 8.86. The zero-order valence-corrected chi connectivity index (χ0v) is 14.6. The van der Waals surface area contributed by atoms with Crippen molar-refractivity contribution in [3.63, 3.8) is 0 Å². The van der Waals surface area contributed by atoms with Crippen molar-refractivity contribution in [2.45, 2.75) is 39.5 Å². The van der Waals surface area contributed by atoms with Gasteiger partial charge in [-0.1, -0.05) is 73.6 Å². The largest absolute Gasteiger partial charge is 0.0654 e. The average Bonchev–Trinajstić information content (AvgIpc) is 2.61. The smallest absolute Gasteiger partial charge is 0.0255 e. The molecule has 0 aliphatic rings. The average molecular weight is 312 g/mol. The van der Waals surface area contributed by atoms with E-state index >= 15 is 0 Å². The molecule has 0 aromatic heterocycles. The van der Waals surface area contributed by atoms with Crippen molar-refractivity contribution in [2.75, 3.05) is 0 Å². The maximum absolute atomic E-state index is 3.28. The molecule has 0 aliphatic heterocycles. The fourth-order valence-electron chi connectivity index (χ4n) is 2.89. The van der Waals surface area contributed by atoms with E-state index < -0.39 is 0 Å². The fourth-order valence-corrected chi connectivity index (χ4v) is 2.89. The molecule has 3 aromatic carbocycles. The Morgan fingerprint density at radius 2 is 1.38 bits per heavy atom. The third-order valence-corrected chi connectivity index (χ3v) is 4.38. The van der Waals surface area contributed by atoms with Gasteiger partial charge in [0.25, 0.3) is 0 Å². The predicted octanol–water partition coefficient (Wildman–Crippen LogP) is 6.28. The molecule has 24 heavy (non-hydrogen) atoms. The van der Waals surface area contributed by atoms with Crippen LogP contribution in [0.1, 0.15) is 48.4 Å². The van der Waals surface area contributed by atoms with Gasteiger partial charge in [0.15, 0.2) is 0 Å². The highest BCUT2D eigenvalue weighted by atomic mass is 14.0. The zero-order valence-electron chi connectivity index (χ0n) is 14.6. The van der Waals surface area contributed by atoms with Crippen LogP contribution in [0.5, 0.6) is 0 Å². The summed E-state index contributed by atoms with van der Waals surface area (Å²) in [6.07, 6.45) is 5.04. The van der Waals surface area contributed by atoms with E-state index in [1.165, 1.54) is 47.6 Å². The number of hydrogen-bond acceptors (Lipinski definition) is 0. The number of aryl methyl sites for hydroxylation is 2. The van der Waals surface area contributed by atoms with E-state index in [1.807, 2.05) is 0 Å². The Labute approximate surface area is 145 Å². The summed E-state index contributed by atoms with van der Waals surface area (Å²) in [4.78, 5) is 0. The van der Waals surface area contributed by atoms with Crippen LogP contribution < -0.4 is 0 Å². The molecule has 0 saturated carbocycles. The Balaban J connectivity index is 1.79. The molecule has 0 bridgehead atoms. The first kappa shape index (κ1) is 16.3. The fraction of sp³-hybridized carbons (Fsp3) is 0.250. The molecular formula is C24H24. The molecule has 0 atom stereocenters. The van der Waals surface area contributed by atoms with E-state index in [1.54, 1.807) is 0 Å². The number of hydrogen-bond donors (Lipinski definition) is 0. The lowest BCUT2D eigenvalue weighted by Crippen LogP contribution is -1.86. The van der Waals surface area contributed by atoms with Crippen molar-refractivity contribution in [1.29, 1.82) is 0 Å². The SMILES string of the molecule is CCCCCc1ccc2cc(C#Cc3ccc(C)cc3)ccc2c1. The quantitative estimate of drug-likeness (QED) is 0.393. The Morgan fingerprint density at radius 1 is 0.708 bits per heavy atom. The normalized spacial score (nSPS) is 10.4. The van der Waals surface area contributed by atoms with Gasteiger partial charge < -0.3 is 0 Å². The highest BCUT2D eigenvalue weighted by molar-refractivity contribution is 5.84. The Morgan fingerprint density at radius 3 is 2.17 bits per heavy atom. The second kappa shape index (κ2) is 7.84. The summed E-state index contributed by atoms with van der Waals surface area (Å²) < 4.78 is 0. The van der Waals surface area contributed by atoms with Crippen molar-refractivity contribution >= 4 is 10.8 Å². The van der Waals surface area contributed by atoms with Crippen molar-refractivity contribution in [1.82, 2.24) is 0 Å². The molecule has 0 spiro atoms. The lowest BCUT2D eigenvalue weighted by molar-refractivity contribution is 0.718. The Kier molecular flexibility index (Phi) is 5.34.